The van der Waals surface area contributed by atoms with Gasteiger partial charge < -0.3 is 4.90 Å². The first-order chi connectivity index (χ1) is 10.0. The van der Waals surface area contributed by atoms with Crippen molar-refractivity contribution >= 4 is 44.8 Å². The van der Waals surface area contributed by atoms with Crippen LogP contribution in [0.25, 0.3) is 0 Å². The highest BCUT2D eigenvalue weighted by atomic mass is 79.9. The fourth-order valence-electron chi connectivity index (χ4n) is 1.81. The number of carbonyl (C=O) groups is 1. The smallest absolute Gasteiger partial charge is 0.254 e. The molecule has 0 spiro atoms. The quantitative estimate of drug-likeness (QED) is 0.650. The maximum Gasteiger partial charge on any atom is 0.254 e. The Morgan fingerprint density at radius 1 is 1.43 bits per heavy atom. The molecule has 0 saturated heterocycles. The van der Waals surface area contributed by atoms with E-state index in [1.165, 1.54) is 23.5 Å². The van der Waals surface area contributed by atoms with Crippen LogP contribution >= 0.6 is 38.9 Å². The van der Waals surface area contributed by atoms with Crippen LogP contribution in [0.2, 0.25) is 4.34 Å². The summed E-state index contributed by atoms with van der Waals surface area (Å²) in [6, 6.07) is 8.00. The number of amides is 1. The van der Waals surface area contributed by atoms with Crippen molar-refractivity contribution in [1.29, 1.82) is 0 Å². The van der Waals surface area contributed by atoms with E-state index in [0.717, 1.165) is 4.88 Å². The third-order valence-corrected chi connectivity index (χ3v) is 4.64. The summed E-state index contributed by atoms with van der Waals surface area (Å²) in [5, 5.41) is 0. The molecule has 1 heterocycles. The Morgan fingerprint density at radius 3 is 2.76 bits per heavy atom. The van der Waals surface area contributed by atoms with Crippen LogP contribution in [0.5, 0.6) is 0 Å². The number of rotatable bonds is 5. The number of benzene rings is 1. The van der Waals surface area contributed by atoms with Crippen molar-refractivity contribution in [1.82, 2.24) is 4.90 Å². The minimum atomic E-state index is -0.460. The maximum absolute atomic E-state index is 13.6. The molecule has 6 heteroatoms. The van der Waals surface area contributed by atoms with E-state index in [4.69, 9.17) is 11.6 Å². The zero-order chi connectivity index (χ0) is 15.4. The molecule has 110 valence electrons. The minimum Gasteiger partial charge on any atom is -0.330 e. The SMILES string of the molecule is C=CCN(Cc1ccc(Cl)s1)C(=O)c1ccc(Br)c(F)c1. The predicted octanol–water partition coefficient (Wildman–Crippen LogP) is 5.13. The standard InChI is InChI=1S/C15H12BrClFNOS/c1-2-7-19(9-11-4-6-14(17)21-11)15(20)10-3-5-12(16)13(18)8-10/h2-6,8H,1,7,9H2. The fraction of sp³-hybridized carbons (Fsp3) is 0.133. The molecule has 2 aromatic rings. The third-order valence-electron chi connectivity index (χ3n) is 2.78. The van der Waals surface area contributed by atoms with Crippen LogP contribution in [-0.4, -0.2) is 17.4 Å². The molecule has 2 rings (SSSR count). The Balaban J connectivity index is 2.22. The largest absolute Gasteiger partial charge is 0.330 e. The van der Waals surface area contributed by atoms with Crippen molar-refractivity contribution in [3.63, 3.8) is 0 Å². The molecular weight excluding hydrogens is 377 g/mol. The van der Waals surface area contributed by atoms with Gasteiger partial charge in [-0.2, -0.15) is 0 Å². The summed E-state index contributed by atoms with van der Waals surface area (Å²) < 4.78 is 14.6. The molecule has 0 unspecified atom stereocenters. The first kappa shape index (κ1) is 16.2. The predicted molar refractivity (Wildman–Crippen MR) is 88.4 cm³/mol. The lowest BCUT2D eigenvalue weighted by Crippen LogP contribution is -2.30. The van der Waals surface area contributed by atoms with E-state index in [1.807, 2.05) is 6.07 Å². The zero-order valence-electron chi connectivity index (χ0n) is 11.0. The van der Waals surface area contributed by atoms with E-state index >= 15 is 0 Å². The molecule has 0 aliphatic heterocycles. The Kier molecular flexibility index (Phi) is 5.56. The van der Waals surface area contributed by atoms with E-state index < -0.39 is 5.82 Å². The van der Waals surface area contributed by atoms with Crippen molar-refractivity contribution < 1.29 is 9.18 Å². The molecule has 0 atom stereocenters. The Morgan fingerprint density at radius 2 is 2.19 bits per heavy atom. The summed E-state index contributed by atoms with van der Waals surface area (Å²) in [4.78, 5) is 15.0. The van der Waals surface area contributed by atoms with Gasteiger partial charge >= 0.3 is 0 Å². The van der Waals surface area contributed by atoms with Gasteiger partial charge in [-0.15, -0.1) is 17.9 Å². The monoisotopic (exact) mass is 387 g/mol. The summed E-state index contributed by atoms with van der Waals surface area (Å²) >= 11 is 10.4. The first-order valence-electron chi connectivity index (χ1n) is 6.10. The van der Waals surface area contributed by atoms with Crippen molar-refractivity contribution in [2.75, 3.05) is 6.54 Å². The molecule has 21 heavy (non-hydrogen) atoms. The van der Waals surface area contributed by atoms with Gasteiger partial charge in [0, 0.05) is 17.0 Å². The summed E-state index contributed by atoms with van der Waals surface area (Å²) in [6.07, 6.45) is 1.64. The number of nitrogens with zero attached hydrogens (tertiary/aromatic N) is 1. The molecule has 0 aliphatic rings. The van der Waals surface area contributed by atoms with Gasteiger partial charge in [-0.25, -0.2) is 4.39 Å². The van der Waals surface area contributed by atoms with Crippen LogP contribution in [0.1, 0.15) is 15.2 Å². The highest BCUT2D eigenvalue weighted by Crippen LogP contribution is 2.24. The van der Waals surface area contributed by atoms with Crippen molar-refractivity contribution in [3.05, 3.63) is 68.1 Å². The van der Waals surface area contributed by atoms with Gasteiger partial charge in [0.2, 0.25) is 0 Å². The summed E-state index contributed by atoms with van der Waals surface area (Å²) in [5.41, 5.74) is 0.306. The number of thiophene rings is 1. The van der Waals surface area contributed by atoms with Gasteiger partial charge in [0.1, 0.15) is 5.82 Å². The van der Waals surface area contributed by atoms with Gasteiger partial charge in [0.05, 0.1) is 15.4 Å². The van der Waals surface area contributed by atoms with Gasteiger partial charge in [-0.3, -0.25) is 4.79 Å². The molecule has 0 N–H and O–H groups in total. The second kappa shape index (κ2) is 7.20. The first-order valence-corrected chi connectivity index (χ1v) is 8.09. The van der Waals surface area contributed by atoms with Crippen LogP contribution in [0.3, 0.4) is 0 Å². The minimum absolute atomic E-state index is 0.245. The molecule has 0 aliphatic carbocycles. The molecule has 0 bridgehead atoms. The van der Waals surface area contributed by atoms with Gasteiger partial charge in [-0.1, -0.05) is 17.7 Å². The van der Waals surface area contributed by atoms with Gasteiger partial charge in [0.15, 0.2) is 0 Å². The highest BCUT2D eigenvalue weighted by Gasteiger charge is 2.17. The molecule has 2 nitrogen and oxygen atoms in total. The number of halogens is 3. The number of hydrogen-bond donors (Lipinski definition) is 0. The average molecular weight is 389 g/mol. The van der Waals surface area contributed by atoms with Crippen LogP contribution in [0.4, 0.5) is 4.39 Å². The lowest BCUT2D eigenvalue weighted by molar-refractivity contribution is 0.0763. The third kappa shape index (κ3) is 4.15. The fourth-order valence-corrected chi connectivity index (χ4v) is 3.16. The highest BCUT2D eigenvalue weighted by molar-refractivity contribution is 9.10. The zero-order valence-corrected chi connectivity index (χ0v) is 14.1. The molecular formula is C15H12BrClFNOS. The normalized spacial score (nSPS) is 10.4. The Labute approximate surface area is 140 Å². The van der Waals surface area contributed by atoms with Crippen LogP contribution < -0.4 is 0 Å². The Bertz CT molecular complexity index is 673. The molecule has 0 saturated carbocycles. The molecule has 1 aromatic carbocycles. The lowest BCUT2D eigenvalue weighted by Gasteiger charge is -2.20. The Hall–Kier alpha value is -1.17. The van der Waals surface area contributed by atoms with E-state index in [2.05, 4.69) is 22.5 Å². The van der Waals surface area contributed by atoms with E-state index in [-0.39, 0.29) is 5.91 Å². The van der Waals surface area contributed by atoms with E-state index in [1.54, 1.807) is 23.1 Å². The van der Waals surface area contributed by atoms with Crippen molar-refractivity contribution in [3.8, 4) is 0 Å². The molecule has 1 aromatic heterocycles. The average Bonchev–Trinajstić information content (AvgIpc) is 2.86. The lowest BCUT2D eigenvalue weighted by atomic mass is 10.2. The molecule has 1 amide bonds. The maximum atomic E-state index is 13.6. The summed E-state index contributed by atoms with van der Waals surface area (Å²) in [6.45, 7) is 4.45. The second-order valence-electron chi connectivity index (χ2n) is 4.31. The van der Waals surface area contributed by atoms with Crippen LogP contribution in [0, 0.1) is 5.82 Å². The number of carbonyl (C=O) groups excluding carboxylic acids is 1. The molecule has 0 radical (unpaired) electrons. The van der Waals surface area contributed by atoms with Crippen molar-refractivity contribution in [2.24, 2.45) is 0 Å². The van der Waals surface area contributed by atoms with Crippen LogP contribution in [0.15, 0.2) is 47.5 Å². The second-order valence-corrected chi connectivity index (χ2v) is 6.96. The number of hydrogen-bond acceptors (Lipinski definition) is 2. The van der Waals surface area contributed by atoms with Gasteiger partial charge in [-0.05, 0) is 46.3 Å². The van der Waals surface area contributed by atoms with Crippen molar-refractivity contribution in [2.45, 2.75) is 6.54 Å². The van der Waals surface area contributed by atoms with Crippen LogP contribution in [-0.2, 0) is 6.54 Å². The summed E-state index contributed by atoms with van der Waals surface area (Å²) in [5.74, 6) is -0.704. The topological polar surface area (TPSA) is 20.3 Å². The van der Waals surface area contributed by atoms with E-state index in [0.29, 0.717) is 27.5 Å². The van der Waals surface area contributed by atoms with Gasteiger partial charge in [0.25, 0.3) is 5.91 Å². The molecule has 0 fully saturated rings. The summed E-state index contributed by atoms with van der Waals surface area (Å²) in [7, 11) is 0. The van der Waals surface area contributed by atoms with E-state index in [9.17, 15) is 9.18 Å².